The van der Waals surface area contributed by atoms with Gasteiger partial charge in [0.05, 0.1) is 33.4 Å². The summed E-state index contributed by atoms with van der Waals surface area (Å²) >= 11 is 0. The Hall–Kier alpha value is -8.35. The van der Waals surface area contributed by atoms with Crippen LogP contribution in [-0.4, -0.2) is 37.7 Å². The zero-order valence-electron chi connectivity index (χ0n) is 34.6. The summed E-state index contributed by atoms with van der Waals surface area (Å²) in [5.41, 5.74) is 20.1. The first kappa shape index (κ1) is 36.5. The molecule has 0 amide bonds. The van der Waals surface area contributed by atoms with Crippen LogP contribution in [0.3, 0.4) is 0 Å². The Morgan fingerprint density at radius 2 is 0.937 bits per heavy atom. The maximum absolute atomic E-state index is 4.93. The van der Waals surface area contributed by atoms with E-state index in [4.69, 9.17) is 4.98 Å². The van der Waals surface area contributed by atoms with Gasteiger partial charge in [0, 0.05) is 89.0 Å². The van der Waals surface area contributed by atoms with E-state index in [2.05, 4.69) is 195 Å². The van der Waals surface area contributed by atoms with E-state index in [1.54, 1.807) is 0 Å². The molecule has 1 aliphatic heterocycles. The average molecular weight is 809 g/mol. The van der Waals surface area contributed by atoms with Crippen molar-refractivity contribution in [2.24, 2.45) is 0 Å². The van der Waals surface area contributed by atoms with Crippen molar-refractivity contribution in [2.45, 2.75) is 0 Å². The van der Waals surface area contributed by atoms with E-state index in [1.165, 1.54) is 22.3 Å². The van der Waals surface area contributed by atoms with E-state index in [0.717, 1.165) is 95.5 Å². The third-order valence-corrected chi connectivity index (χ3v) is 12.4. The van der Waals surface area contributed by atoms with E-state index in [-0.39, 0.29) is 0 Å². The normalized spacial score (nSPS) is 12.4. The fraction of sp³-hybridized carbons (Fsp3) is 0.0351. The summed E-state index contributed by atoms with van der Waals surface area (Å²) in [6.07, 6.45) is 14.2. The van der Waals surface area contributed by atoms with Gasteiger partial charge in [-0.15, -0.1) is 0 Å². The summed E-state index contributed by atoms with van der Waals surface area (Å²) in [6, 6.07) is 60.8. The number of anilines is 1. The maximum atomic E-state index is 4.93. The van der Waals surface area contributed by atoms with Crippen LogP contribution in [0.1, 0.15) is 5.69 Å². The molecular formula is C57H40N6. The molecule has 12 rings (SSSR count). The number of likely N-dealkylation sites (N-methyl/N-ethyl adjacent to an activating group) is 1. The molecule has 6 heteroatoms. The lowest BCUT2D eigenvalue weighted by atomic mass is 10.0. The summed E-state index contributed by atoms with van der Waals surface area (Å²) in [5.74, 6) is 0. The lowest BCUT2D eigenvalue weighted by Crippen LogP contribution is -2.20. The van der Waals surface area contributed by atoms with Crippen LogP contribution >= 0.6 is 0 Å². The van der Waals surface area contributed by atoms with Crippen molar-refractivity contribution < 1.29 is 0 Å². The van der Waals surface area contributed by atoms with Gasteiger partial charge in [-0.1, -0.05) is 103 Å². The smallest absolute Gasteiger partial charge is 0.0963 e. The first-order valence-corrected chi connectivity index (χ1v) is 21.3. The lowest BCUT2D eigenvalue weighted by Gasteiger charge is -2.22. The molecule has 0 N–H and O–H groups in total. The Kier molecular flexibility index (Phi) is 8.68. The monoisotopic (exact) mass is 808 g/mol. The predicted molar refractivity (Wildman–Crippen MR) is 260 cm³/mol. The number of rotatable bonds is 7. The molecule has 0 spiro atoms. The van der Waals surface area contributed by atoms with E-state index in [1.807, 2.05) is 49.2 Å². The van der Waals surface area contributed by atoms with Crippen LogP contribution in [0, 0.1) is 0 Å². The quantitative estimate of drug-likeness (QED) is 0.161. The standard InChI is InChI=1S/C57H40N6/c1-61-27-11-21-55-57(61)51-33-43(47-29-45(35-59-37-47)39-14-6-3-7-15-39)23-25-53(51)63(55)49-19-9-17-41(31-49)40-16-8-18-48(30-40)62-52-24-22-42(32-50(52)56-54(62)20-10-26-60-56)46-28-44(34-58-36-46)38-12-4-2-5-13-38/h2-26,28-37H,27H2,1H3. The third-order valence-electron chi connectivity index (χ3n) is 12.4. The summed E-state index contributed by atoms with van der Waals surface area (Å²) in [4.78, 5) is 16.6. The van der Waals surface area contributed by atoms with Crippen molar-refractivity contribution in [1.29, 1.82) is 0 Å². The summed E-state index contributed by atoms with van der Waals surface area (Å²) in [6.45, 7) is 0.854. The molecule has 0 atom stereocenters. The second-order valence-electron chi connectivity index (χ2n) is 16.3. The molecule has 0 saturated carbocycles. The van der Waals surface area contributed by atoms with Crippen LogP contribution in [0.25, 0.3) is 106 Å². The van der Waals surface area contributed by atoms with Gasteiger partial charge in [0.1, 0.15) is 0 Å². The molecule has 0 unspecified atom stereocenters. The number of hydrogen-bond donors (Lipinski definition) is 0. The van der Waals surface area contributed by atoms with Crippen LogP contribution in [0.4, 0.5) is 5.69 Å². The molecule has 0 fully saturated rings. The zero-order valence-corrected chi connectivity index (χ0v) is 34.6. The Balaban J connectivity index is 0.934. The SMILES string of the molecule is CN1CC=Cc2c1c1cc(-c3cncc(-c4ccccc4)c3)ccc1n2-c1cccc(-c2cccc(-n3c4ccc(-c5cncc(-c6ccccc6)c5)cc4c4ncccc43)c2)c1. The highest BCUT2D eigenvalue weighted by Gasteiger charge is 2.23. The van der Waals surface area contributed by atoms with Gasteiger partial charge in [-0.25, -0.2) is 0 Å². The Morgan fingerprint density at radius 1 is 0.413 bits per heavy atom. The molecule has 6 aromatic carbocycles. The highest BCUT2D eigenvalue weighted by atomic mass is 15.1. The second-order valence-corrected chi connectivity index (χ2v) is 16.3. The molecule has 298 valence electrons. The molecular weight excluding hydrogens is 769 g/mol. The van der Waals surface area contributed by atoms with Crippen LogP contribution in [0.15, 0.2) is 207 Å². The molecule has 0 aliphatic carbocycles. The summed E-state index contributed by atoms with van der Waals surface area (Å²) in [7, 11) is 2.18. The van der Waals surface area contributed by atoms with Gasteiger partial charge in [-0.3, -0.25) is 15.0 Å². The van der Waals surface area contributed by atoms with Crippen molar-refractivity contribution >= 4 is 44.6 Å². The van der Waals surface area contributed by atoms with Gasteiger partial charge in [0.15, 0.2) is 0 Å². The van der Waals surface area contributed by atoms with Gasteiger partial charge in [-0.2, -0.15) is 0 Å². The molecule has 0 saturated heterocycles. The topological polar surface area (TPSA) is 51.8 Å². The number of benzene rings is 6. The number of aromatic nitrogens is 5. The van der Waals surface area contributed by atoms with Crippen molar-refractivity contribution in [3.05, 3.63) is 213 Å². The van der Waals surface area contributed by atoms with Gasteiger partial charge in [0.2, 0.25) is 0 Å². The zero-order chi connectivity index (χ0) is 41.9. The molecule has 6 nitrogen and oxygen atoms in total. The van der Waals surface area contributed by atoms with Crippen molar-refractivity contribution in [3.8, 4) is 67.0 Å². The van der Waals surface area contributed by atoms with E-state index >= 15 is 0 Å². The van der Waals surface area contributed by atoms with Gasteiger partial charge < -0.3 is 14.0 Å². The second kappa shape index (κ2) is 15.0. The minimum Gasteiger partial charge on any atom is -0.369 e. The van der Waals surface area contributed by atoms with Gasteiger partial charge in [-0.05, 0) is 112 Å². The van der Waals surface area contributed by atoms with E-state index < -0.39 is 0 Å². The van der Waals surface area contributed by atoms with Crippen molar-refractivity contribution in [2.75, 3.05) is 18.5 Å². The average Bonchev–Trinajstić information content (AvgIpc) is 3.88. The molecule has 63 heavy (non-hydrogen) atoms. The highest BCUT2D eigenvalue weighted by molar-refractivity contribution is 6.08. The summed E-state index contributed by atoms with van der Waals surface area (Å²) in [5, 5.41) is 2.32. The number of hydrogen-bond acceptors (Lipinski definition) is 4. The predicted octanol–water partition coefficient (Wildman–Crippen LogP) is 13.7. The molecule has 1 aliphatic rings. The summed E-state index contributed by atoms with van der Waals surface area (Å²) < 4.78 is 4.75. The minimum atomic E-state index is 0.854. The van der Waals surface area contributed by atoms with Crippen molar-refractivity contribution in [3.63, 3.8) is 0 Å². The highest BCUT2D eigenvalue weighted by Crippen LogP contribution is 2.42. The Bertz CT molecular complexity index is 3560. The van der Waals surface area contributed by atoms with Crippen LogP contribution < -0.4 is 4.90 Å². The fourth-order valence-electron chi connectivity index (χ4n) is 9.44. The van der Waals surface area contributed by atoms with E-state index in [0.29, 0.717) is 0 Å². The minimum absolute atomic E-state index is 0.854. The Labute approximate surface area is 365 Å². The third kappa shape index (κ3) is 6.31. The molecule has 11 aromatic rings. The lowest BCUT2D eigenvalue weighted by molar-refractivity contribution is 1.000. The van der Waals surface area contributed by atoms with Gasteiger partial charge >= 0.3 is 0 Å². The van der Waals surface area contributed by atoms with Crippen LogP contribution in [0.2, 0.25) is 0 Å². The molecule has 0 bridgehead atoms. The number of nitrogens with zero attached hydrogens (tertiary/aromatic N) is 6. The molecule has 5 aromatic heterocycles. The molecule has 0 radical (unpaired) electrons. The largest absolute Gasteiger partial charge is 0.369 e. The van der Waals surface area contributed by atoms with Crippen LogP contribution in [-0.2, 0) is 0 Å². The number of pyridine rings is 3. The first-order valence-electron chi connectivity index (χ1n) is 21.3. The molecule has 6 heterocycles. The van der Waals surface area contributed by atoms with E-state index in [9.17, 15) is 0 Å². The maximum Gasteiger partial charge on any atom is 0.0963 e. The van der Waals surface area contributed by atoms with Gasteiger partial charge in [0.25, 0.3) is 0 Å². The fourth-order valence-corrected chi connectivity index (χ4v) is 9.44. The van der Waals surface area contributed by atoms with Crippen LogP contribution in [0.5, 0.6) is 0 Å². The van der Waals surface area contributed by atoms with Crippen molar-refractivity contribution in [1.82, 2.24) is 24.1 Å². The first-order chi connectivity index (χ1) is 31.1. The Morgan fingerprint density at radius 3 is 1.56 bits per heavy atom. The number of fused-ring (bicyclic) bond motifs is 6.